The van der Waals surface area contributed by atoms with Gasteiger partial charge >= 0.3 is 0 Å². The molecule has 7 heteroatoms. The van der Waals surface area contributed by atoms with Gasteiger partial charge in [-0.1, -0.05) is 68.4 Å². The molecular weight excluding hydrogens is 553 g/mol. The fraction of sp³-hybridized carbons (Fsp3) is 0.162. The number of fused-ring (bicyclic) bond motifs is 2. The number of rotatable bonds is 8. The van der Waals surface area contributed by atoms with Crippen molar-refractivity contribution in [1.29, 1.82) is 0 Å². The van der Waals surface area contributed by atoms with Gasteiger partial charge in [-0.05, 0) is 82.8 Å². The third kappa shape index (κ3) is 5.56. The first-order chi connectivity index (χ1) is 21.3. The number of halogens is 1. The molecule has 0 aliphatic heterocycles. The number of ether oxygens (including phenoxy) is 2. The average Bonchev–Trinajstić information content (AvgIpc) is 3.03. The Balaban J connectivity index is 1.54. The summed E-state index contributed by atoms with van der Waals surface area (Å²) < 4.78 is 27.1. The van der Waals surface area contributed by atoms with Crippen molar-refractivity contribution in [3.63, 3.8) is 0 Å². The summed E-state index contributed by atoms with van der Waals surface area (Å²) in [4.78, 5) is 19.0. The molecule has 0 unspecified atom stereocenters. The minimum absolute atomic E-state index is 0.169. The van der Waals surface area contributed by atoms with Gasteiger partial charge in [-0.3, -0.25) is 4.79 Å². The topological polar surface area (TPSA) is 65.7 Å². The van der Waals surface area contributed by atoms with Crippen LogP contribution < -0.4 is 15.0 Å². The normalized spacial score (nSPS) is 11.6. The zero-order valence-electron chi connectivity index (χ0n) is 25.0. The monoisotopic (exact) mass is 585 g/mol. The van der Waals surface area contributed by atoms with Crippen molar-refractivity contribution in [2.75, 3.05) is 7.11 Å². The van der Waals surface area contributed by atoms with Crippen molar-refractivity contribution in [3.05, 3.63) is 135 Å². The Labute approximate surface area is 255 Å². The summed E-state index contributed by atoms with van der Waals surface area (Å²) in [5, 5.41) is 7.14. The molecule has 1 aromatic heterocycles. The Hall–Kier alpha value is -5.30. The zero-order valence-corrected chi connectivity index (χ0v) is 25.0. The highest BCUT2D eigenvalue weighted by atomic mass is 19.1. The van der Waals surface area contributed by atoms with E-state index in [4.69, 9.17) is 19.6 Å². The molecular formula is C37H32FN3O3. The molecule has 0 bridgehead atoms. The van der Waals surface area contributed by atoms with Crippen molar-refractivity contribution in [2.24, 2.45) is 5.10 Å². The van der Waals surface area contributed by atoms with Gasteiger partial charge in [-0.25, -0.2) is 9.37 Å². The summed E-state index contributed by atoms with van der Waals surface area (Å²) in [6.45, 7) is 6.34. The summed E-state index contributed by atoms with van der Waals surface area (Å²) in [5.74, 6) is 1.63. The second kappa shape index (κ2) is 12.1. The van der Waals surface area contributed by atoms with Crippen LogP contribution in [0.25, 0.3) is 33.1 Å². The lowest BCUT2D eigenvalue weighted by molar-refractivity contribution is 0.305. The van der Waals surface area contributed by atoms with Gasteiger partial charge in [0, 0.05) is 11.1 Å². The van der Waals surface area contributed by atoms with E-state index in [0.29, 0.717) is 33.6 Å². The Bertz CT molecular complexity index is 2100. The van der Waals surface area contributed by atoms with Gasteiger partial charge in [0.05, 0.1) is 24.2 Å². The first-order valence-electron chi connectivity index (χ1n) is 14.5. The Morgan fingerprint density at radius 1 is 0.909 bits per heavy atom. The summed E-state index contributed by atoms with van der Waals surface area (Å²) in [6.07, 6.45) is 1.65. The first-order valence-corrected chi connectivity index (χ1v) is 14.5. The lowest BCUT2D eigenvalue weighted by Crippen LogP contribution is -2.21. The number of methoxy groups -OCH3 is 1. The van der Waals surface area contributed by atoms with Gasteiger partial charge in [0.25, 0.3) is 5.56 Å². The lowest BCUT2D eigenvalue weighted by Gasteiger charge is -2.17. The van der Waals surface area contributed by atoms with Crippen molar-refractivity contribution in [2.45, 2.75) is 33.3 Å². The fourth-order valence-electron chi connectivity index (χ4n) is 5.41. The maximum atomic E-state index is 14.0. The Morgan fingerprint density at radius 2 is 1.68 bits per heavy atom. The van der Waals surface area contributed by atoms with Crippen molar-refractivity contribution in [3.8, 4) is 22.9 Å². The number of hydrogen-bond donors (Lipinski definition) is 0. The quantitative estimate of drug-likeness (QED) is 0.169. The molecule has 0 aliphatic carbocycles. The van der Waals surface area contributed by atoms with Gasteiger partial charge in [0.15, 0.2) is 5.82 Å². The van der Waals surface area contributed by atoms with E-state index in [1.54, 1.807) is 25.5 Å². The molecule has 0 amide bonds. The molecule has 0 spiro atoms. The molecule has 6 aromatic rings. The highest BCUT2D eigenvalue weighted by molar-refractivity contribution is 6.02. The largest absolute Gasteiger partial charge is 0.496 e. The van der Waals surface area contributed by atoms with Gasteiger partial charge < -0.3 is 9.47 Å². The van der Waals surface area contributed by atoms with Crippen LogP contribution in [0.1, 0.15) is 42.0 Å². The third-order valence-corrected chi connectivity index (χ3v) is 7.71. The first kappa shape index (κ1) is 28.8. The standard InChI is InChI=1S/C37H32FN3O3/c1-23(2)30-20-31(24(3)18-35(30)43-4)36-40-33-15-8-7-14-29(33)37(42)41(36)39-21-32-28-13-6-5-11-26(28)16-17-34(32)44-22-25-10-9-12-27(38)19-25/h5-21,23H,22H2,1-4H3. The predicted molar refractivity (Wildman–Crippen MR) is 174 cm³/mol. The van der Waals surface area contributed by atoms with Crippen LogP contribution in [0, 0.1) is 12.7 Å². The van der Waals surface area contributed by atoms with E-state index in [1.807, 2.05) is 79.7 Å². The van der Waals surface area contributed by atoms with Crippen LogP contribution in [0.4, 0.5) is 4.39 Å². The van der Waals surface area contributed by atoms with Gasteiger partial charge in [-0.2, -0.15) is 9.78 Å². The third-order valence-electron chi connectivity index (χ3n) is 7.71. The van der Waals surface area contributed by atoms with E-state index < -0.39 is 0 Å². The molecule has 0 atom stereocenters. The van der Waals surface area contributed by atoms with Crippen LogP contribution in [0.5, 0.6) is 11.5 Å². The summed E-state index contributed by atoms with van der Waals surface area (Å²) >= 11 is 0. The molecule has 6 nitrogen and oxygen atoms in total. The minimum atomic E-state index is -0.323. The van der Waals surface area contributed by atoms with Crippen LogP contribution in [-0.4, -0.2) is 23.0 Å². The second-order valence-electron chi connectivity index (χ2n) is 11.0. The number of aryl methyl sites for hydroxylation is 1. The maximum Gasteiger partial charge on any atom is 0.282 e. The molecule has 44 heavy (non-hydrogen) atoms. The van der Waals surface area contributed by atoms with Gasteiger partial charge in [-0.15, -0.1) is 0 Å². The number of para-hydroxylation sites is 1. The predicted octanol–water partition coefficient (Wildman–Crippen LogP) is 8.26. The highest BCUT2D eigenvalue weighted by Crippen LogP contribution is 2.34. The lowest BCUT2D eigenvalue weighted by atomic mass is 9.96. The smallest absolute Gasteiger partial charge is 0.282 e. The van der Waals surface area contributed by atoms with Crippen LogP contribution in [-0.2, 0) is 6.61 Å². The molecule has 0 radical (unpaired) electrons. The second-order valence-corrected chi connectivity index (χ2v) is 11.0. The fourth-order valence-corrected chi connectivity index (χ4v) is 5.41. The minimum Gasteiger partial charge on any atom is -0.496 e. The van der Waals surface area contributed by atoms with E-state index >= 15 is 0 Å². The highest BCUT2D eigenvalue weighted by Gasteiger charge is 2.19. The van der Waals surface area contributed by atoms with Crippen LogP contribution in [0.3, 0.4) is 0 Å². The number of nitrogens with zero attached hydrogens (tertiary/aromatic N) is 3. The van der Waals surface area contributed by atoms with Crippen LogP contribution >= 0.6 is 0 Å². The Morgan fingerprint density at radius 3 is 2.45 bits per heavy atom. The SMILES string of the molecule is COc1cc(C)c(-c2nc3ccccc3c(=O)n2N=Cc2c(OCc3cccc(F)c3)ccc3ccccc23)cc1C(C)C. The molecule has 0 saturated carbocycles. The summed E-state index contributed by atoms with van der Waals surface area (Å²) in [5.41, 5.74) is 4.40. The van der Waals surface area contributed by atoms with E-state index in [1.165, 1.54) is 16.8 Å². The molecule has 0 aliphatic rings. The molecule has 5 aromatic carbocycles. The molecule has 0 saturated heterocycles. The molecule has 220 valence electrons. The molecule has 1 heterocycles. The van der Waals surface area contributed by atoms with E-state index in [9.17, 15) is 9.18 Å². The number of aromatic nitrogens is 2. The molecule has 0 N–H and O–H groups in total. The van der Waals surface area contributed by atoms with E-state index in [-0.39, 0.29) is 23.9 Å². The summed E-state index contributed by atoms with van der Waals surface area (Å²) in [7, 11) is 1.66. The van der Waals surface area contributed by atoms with Crippen molar-refractivity contribution < 1.29 is 13.9 Å². The van der Waals surface area contributed by atoms with E-state index in [0.717, 1.165) is 33.2 Å². The van der Waals surface area contributed by atoms with Gasteiger partial charge in [0.1, 0.15) is 23.9 Å². The Kier molecular flexibility index (Phi) is 7.94. The molecule has 0 fully saturated rings. The zero-order chi connectivity index (χ0) is 30.8. The average molecular weight is 586 g/mol. The van der Waals surface area contributed by atoms with Crippen LogP contribution in [0.2, 0.25) is 0 Å². The van der Waals surface area contributed by atoms with Crippen molar-refractivity contribution >= 4 is 27.9 Å². The number of benzene rings is 5. The maximum absolute atomic E-state index is 14.0. The van der Waals surface area contributed by atoms with Gasteiger partial charge in [0.2, 0.25) is 0 Å². The van der Waals surface area contributed by atoms with Crippen molar-refractivity contribution in [1.82, 2.24) is 9.66 Å². The van der Waals surface area contributed by atoms with Crippen LogP contribution in [0.15, 0.2) is 107 Å². The number of hydrogen-bond acceptors (Lipinski definition) is 5. The summed E-state index contributed by atoms with van der Waals surface area (Å²) in [6, 6.07) is 29.3. The molecule has 6 rings (SSSR count). The van der Waals surface area contributed by atoms with E-state index in [2.05, 4.69) is 13.8 Å².